The molecule has 0 aliphatic rings. The van der Waals surface area contributed by atoms with Crippen LogP contribution in [0, 0.1) is 0 Å². The largest absolute Gasteiger partial charge is 0.459 e. The van der Waals surface area contributed by atoms with Crippen molar-refractivity contribution in [3.63, 3.8) is 0 Å². The Labute approximate surface area is 93.5 Å². The fourth-order valence-electron chi connectivity index (χ4n) is 1.10. The standard InChI is InChI=1S/C9H16N4O3/c1-3-15-5-7(2)16-8(14)4-13-6-11-9(10)12-13/h6-7H,3-5H2,1-2H3,(H2,10,12). The number of nitrogens with two attached hydrogens (primary N) is 1. The summed E-state index contributed by atoms with van der Waals surface area (Å²) in [6.07, 6.45) is 1.11. The van der Waals surface area contributed by atoms with Crippen molar-refractivity contribution in [2.45, 2.75) is 26.5 Å². The molecule has 0 saturated carbocycles. The van der Waals surface area contributed by atoms with E-state index >= 15 is 0 Å². The summed E-state index contributed by atoms with van der Waals surface area (Å²) in [7, 11) is 0. The molecule has 7 nitrogen and oxygen atoms in total. The van der Waals surface area contributed by atoms with Crippen molar-refractivity contribution in [2.75, 3.05) is 18.9 Å². The Bertz CT molecular complexity index is 339. The summed E-state index contributed by atoms with van der Waals surface area (Å²) in [6.45, 7) is 4.64. The lowest BCUT2D eigenvalue weighted by atomic mass is 10.4. The molecule has 1 aromatic rings. The van der Waals surface area contributed by atoms with Gasteiger partial charge in [0.05, 0.1) is 6.61 Å². The maximum Gasteiger partial charge on any atom is 0.328 e. The second kappa shape index (κ2) is 6.06. The number of nitrogen functional groups attached to an aromatic ring is 1. The Balaban J connectivity index is 2.30. The Hall–Kier alpha value is -1.63. The van der Waals surface area contributed by atoms with E-state index in [1.807, 2.05) is 6.92 Å². The number of anilines is 1. The van der Waals surface area contributed by atoms with Gasteiger partial charge in [0.1, 0.15) is 19.0 Å². The quantitative estimate of drug-likeness (QED) is 0.679. The molecule has 0 aromatic carbocycles. The van der Waals surface area contributed by atoms with Gasteiger partial charge < -0.3 is 15.2 Å². The number of carbonyl (C=O) groups is 1. The third-order valence-corrected chi connectivity index (χ3v) is 1.73. The van der Waals surface area contributed by atoms with Gasteiger partial charge in [-0.1, -0.05) is 0 Å². The smallest absolute Gasteiger partial charge is 0.328 e. The van der Waals surface area contributed by atoms with E-state index in [-0.39, 0.29) is 18.6 Å². The third-order valence-electron chi connectivity index (χ3n) is 1.73. The van der Waals surface area contributed by atoms with E-state index in [1.54, 1.807) is 6.92 Å². The molecule has 90 valence electrons. The number of aromatic nitrogens is 3. The predicted octanol–water partition coefficient (Wildman–Crippen LogP) is -0.171. The number of carbonyl (C=O) groups excluding carboxylic acids is 1. The average Bonchev–Trinajstić information content (AvgIpc) is 2.60. The van der Waals surface area contributed by atoms with Crippen LogP contribution in [-0.4, -0.2) is 40.1 Å². The predicted molar refractivity (Wildman–Crippen MR) is 56.5 cm³/mol. The molecule has 1 atom stereocenters. The van der Waals surface area contributed by atoms with Gasteiger partial charge in [-0.2, -0.15) is 0 Å². The first-order valence-electron chi connectivity index (χ1n) is 5.04. The Morgan fingerprint density at radius 2 is 2.44 bits per heavy atom. The minimum absolute atomic E-state index is 0.000660. The van der Waals surface area contributed by atoms with Gasteiger partial charge in [-0.25, -0.2) is 9.67 Å². The van der Waals surface area contributed by atoms with Crippen LogP contribution in [0.1, 0.15) is 13.8 Å². The van der Waals surface area contributed by atoms with E-state index in [2.05, 4.69) is 10.1 Å². The van der Waals surface area contributed by atoms with E-state index in [9.17, 15) is 4.79 Å². The van der Waals surface area contributed by atoms with Crippen molar-refractivity contribution >= 4 is 11.9 Å². The fraction of sp³-hybridized carbons (Fsp3) is 0.667. The molecule has 0 radical (unpaired) electrons. The summed E-state index contributed by atoms with van der Waals surface area (Å²) in [5.74, 6) is -0.257. The van der Waals surface area contributed by atoms with Crippen molar-refractivity contribution in [1.29, 1.82) is 0 Å². The summed E-state index contributed by atoms with van der Waals surface area (Å²) >= 11 is 0. The molecular formula is C9H16N4O3. The third kappa shape index (κ3) is 4.26. The SMILES string of the molecule is CCOCC(C)OC(=O)Cn1cnc(N)n1. The zero-order chi connectivity index (χ0) is 12.0. The molecule has 0 fully saturated rings. The number of ether oxygens (including phenoxy) is 2. The van der Waals surface area contributed by atoms with Crippen LogP contribution < -0.4 is 5.73 Å². The van der Waals surface area contributed by atoms with Crippen LogP contribution in [0.15, 0.2) is 6.33 Å². The highest BCUT2D eigenvalue weighted by atomic mass is 16.6. The van der Waals surface area contributed by atoms with E-state index < -0.39 is 5.97 Å². The van der Waals surface area contributed by atoms with E-state index in [0.717, 1.165) is 0 Å². The molecule has 2 N–H and O–H groups in total. The number of esters is 1. The fourth-order valence-corrected chi connectivity index (χ4v) is 1.10. The van der Waals surface area contributed by atoms with Crippen LogP contribution in [0.2, 0.25) is 0 Å². The number of hydrogen-bond acceptors (Lipinski definition) is 6. The first-order chi connectivity index (χ1) is 7.61. The molecule has 0 saturated heterocycles. The number of nitrogens with zero attached hydrogens (tertiary/aromatic N) is 3. The molecule has 1 unspecified atom stereocenters. The van der Waals surface area contributed by atoms with Crippen LogP contribution in [0.4, 0.5) is 5.95 Å². The number of rotatable bonds is 6. The van der Waals surface area contributed by atoms with Crippen LogP contribution in [0.3, 0.4) is 0 Å². The van der Waals surface area contributed by atoms with Gasteiger partial charge in [0, 0.05) is 6.61 Å². The van der Waals surface area contributed by atoms with Gasteiger partial charge in [0.15, 0.2) is 0 Å². The lowest BCUT2D eigenvalue weighted by molar-refractivity contribution is -0.151. The van der Waals surface area contributed by atoms with Crippen molar-refractivity contribution in [2.24, 2.45) is 0 Å². The topological polar surface area (TPSA) is 92.3 Å². The van der Waals surface area contributed by atoms with Crippen molar-refractivity contribution < 1.29 is 14.3 Å². The first kappa shape index (κ1) is 12.4. The normalized spacial score (nSPS) is 12.4. The van der Waals surface area contributed by atoms with E-state index in [1.165, 1.54) is 11.0 Å². The molecule has 0 spiro atoms. The molecule has 16 heavy (non-hydrogen) atoms. The molecule has 0 bridgehead atoms. The second-order valence-electron chi connectivity index (χ2n) is 3.26. The highest BCUT2D eigenvalue weighted by Gasteiger charge is 2.10. The summed E-state index contributed by atoms with van der Waals surface area (Å²) < 4.78 is 11.5. The molecule has 1 heterocycles. The van der Waals surface area contributed by atoms with Gasteiger partial charge in [-0.15, -0.1) is 5.10 Å². The van der Waals surface area contributed by atoms with E-state index in [4.69, 9.17) is 15.2 Å². The molecular weight excluding hydrogens is 212 g/mol. The second-order valence-corrected chi connectivity index (χ2v) is 3.26. The molecule has 1 rings (SSSR count). The summed E-state index contributed by atoms with van der Waals surface area (Å²) in [4.78, 5) is 15.1. The summed E-state index contributed by atoms with van der Waals surface area (Å²) in [5, 5.41) is 3.77. The van der Waals surface area contributed by atoms with Crippen LogP contribution in [0.5, 0.6) is 0 Å². The zero-order valence-corrected chi connectivity index (χ0v) is 9.42. The lowest BCUT2D eigenvalue weighted by Gasteiger charge is -2.12. The maximum atomic E-state index is 11.4. The van der Waals surface area contributed by atoms with Gasteiger partial charge >= 0.3 is 5.97 Å². The van der Waals surface area contributed by atoms with Crippen molar-refractivity contribution in [3.05, 3.63) is 6.33 Å². The molecule has 0 aliphatic heterocycles. The molecule has 1 aromatic heterocycles. The Kier molecular flexibility index (Phi) is 4.71. The molecule has 0 aliphatic carbocycles. The molecule has 7 heteroatoms. The zero-order valence-electron chi connectivity index (χ0n) is 9.42. The van der Waals surface area contributed by atoms with Crippen LogP contribution >= 0.6 is 0 Å². The summed E-state index contributed by atoms with van der Waals surface area (Å²) in [5.41, 5.74) is 5.31. The maximum absolute atomic E-state index is 11.4. The van der Waals surface area contributed by atoms with Crippen molar-refractivity contribution in [1.82, 2.24) is 14.8 Å². The van der Waals surface area contributed by atoms with Gasteiger partial charge in [0.25, 0.3) is 0 Å². The van der Waals surface area contributed by atoms with Crippen LogP contribution in [-0.2, 0) is 20.8 Å². The van der Waals surface area contributed by atoms with Gasteiger partial charge in [-0.05, 0) is 13.8 Å². The minimum Gasteiger partial charge on any atom is -0.459 e. The van der Waals surface area contributed by atoms with Crippen molar-refractivity contribution in [3.8, 4) is 0 Å². The highest BCUT2D eigenvalue weighted by molar-refractivity contribution is 5.69. The number of hydrogen-bond donors (Lipinski definition) is 1. The Morgan fingerprint density at radius 3 is 3.00 bits per heavy atom. The van der Waals surface area contributed by atoms with Crippen LogP contribution in [0.25, 0.3) is 0 Å². The van der Waals surface area contributed by atoms with Gasteiger partial charge in [-0.3, -0.25) is 4.79 Å². The highest BCUT2D eigenvalue weighted by Crippen LogP contribution is 1.96. The van der Waals surface area contributed by atoms with Gasteiger partial charge in [0.2, 0.25) is 5.95 Å². The minimum atomic E-state index is -0.392. The summed E-state index contributed by atoms with van der Waals surface area (Å²) in [6, 6.07) is 0. The average molecular weight is 228 g/mol. The molecule has 0 amide bonds. The monoisotopic (exact) mass is 228 g/mol. The van der Waals surface area contributed by atoms with E-state index in [0.29, 0.717) is 13.2 Å². The Morgan fingerprint density at radius 1 is 1.69 bits per heavy atom. The lowest BCUT2D eigenvalue weighted by Crippen LogP contribution is -2.23. The first-order valence-corrected chi connectivity index (χ1v) is 5.04.